The molecular weight excluding hydrogens is 220 g/mol. The Morgan fingerprint density at radius 1 is 1.18 bits per heavy atom. The van der Waals surface area contributed by atoms with E-state index in [9.17, 15) is 9.59 Å². The molecule has 5 heteroatoms. The Kier molecular flexibility index (Phi) is 3.99. The molecule has 0 aromatic carbocycles. The standard InChI is InChI=1S/C12H20N2O3/c15-11(10-3-1-2-6-13-10)14-9-5-4-8(7-9)12(16)17/h8-10,13H,1-7H2,(H,14,15)(H,16,17)/t8-,9+,10?/m1/s1. The molecule has 96 valence electrons. The van der Waals surface area contributed by atoms with E-state index in [-0.39, 0.29) is 23.9 Å². The maximum Gasteiger partial charge on any atom is 0.306 e. The van der Waals surface area contributed by atoms with Crippen LogP contribution in [0.25, 0.3) is 0 Å². The second-order valence-electron chi connectivity index (χ2n) is 5.06. The van der Waals surface area contributed by atoms with Crippen LogP contribution < -0.4 is 10.6 Å². The summed E-state index contributed by atoms with van der Waals surface area (Å²) in [5.74, 6) is -0.974. The topological polar surface area (TPSA) is 78.4 Å². The van der Waals surface area contributed by atoms with Crippen molar-refractivity contribution in [1.29, 1.82) is 0 Å². The van der Waals surface area contributed by atoms with Crippen molar-refractivity contribution < 1.29 is 14.7 Å². The average Bonchev–Trinajstić information content (AvgIpc) is 2.79. The first kappa shape index (κ1) is 12.4. The molecule has 1 unspecified atom stereocenters. The number of piperidine rings is 1. The van der Waals surface area contributed by atoms with Gasteiger partial charge < -0.3 is 15.7 Å². The van der Waals surface area contributed by atoms with Gasteiger partial charge in [-0.3, -0.25) is 9.59 Å². The van der Waals surface area contributed by atoms with E-state index < -0.39 is 5.97 Å². The summed E-state index contributed by atoms with van der Waals surface area (Å²) in [6.45, 7) is 0.903. The van der Waals surface area contributed by atoms with Gasteiger partial charge in [-0.15, -0.1) is 0 Å². The zero-order valence-corrected chi connectivity index (χ0v) is 9.95. The Balaban J connectivity index is 1.77. The van der Waals surface area contributed by atoms with Gasteiger partial charge >= 0.3 is 5.97 Å². The molecule has 1 heterocycles. The van der Waals surface area contributed by atoms with Crippen molar-refractivity contribution in [1.82, 2.24) is 10.6 Å². The highest BCUT2D eigenvalue weighted by Crippen LogP contribution is 2.25. The van der Waals surface area contributed by atoms with Crippen LogP contribution in [0, 0.1) is 5.92 Å². The number of hydrogen-bond donors (Lipinski definition) is 3. The third-order valence-electron chi connectivity index (χ3n) is 3.76. The van der Waals surface area contributed by atoms with E-state index in [1.807, 2.05) is 0 Å². The summed E-state index contributed by atoms with van der Waals surface area (Å²) in [6, 6.07) is -0.0278. The lowest BCUT2D eigenvalue weighted by molar-refractivity contribution is -0.141. The first-order valence-electron chi connectivity index (χ1n) is 6.43. The van der Waals surface area contributed by atoms with Gasteiger partial charge in [-0.1, -0.05) is 6.42 Å². The molecule has 1 aliphatic heterocycles. The minimum atomic E-state index is -0.738. The number of amides is 1. The van der Waals surface area contributed by atoms with Crippen LogP contribution in [0.2, 0.25) is 0 Å². The summed E-state index contributed by atoms with van der Waals surface area (Å²) < 4.78 is 0. The number of rotatable bonds is 3. The van der Waals surface area contributed by atoms with Gasteiger partial charge in [-0.05, 0) is 38.6 Å². The molecule has 3 atom stereocenters. The molecule has 0 bridgehead atoms. The van der Waals surface area contributed by atoms with Crippen molar-refractivity contribution in [2.24, 2.45) is 5.92 Å². The molecule has 1 amide bonds. The Bertz CT molecular complexity index is 300. The molecule has 0 aromatic heterocycles. The molecule has 1 saturated carbocycles. The van der Waals surface area contributed by atoms with Gasteiger partial charge in [0.1, 0.15) is 0 Å². The van der Waals surface area contributed by atoms with E-state index in [1.165, 1.54) is 0 Å². The van der Waals surface area contributed by atoms with Crippen LogP contribution in [0.3, 0.4) is 0 Å². The predicted molar refractivity (Wildman–Crippen MR) is 62.5 cm³/mol. The summed E-state index contributed by atoms with van der Waals surface area (Å²) in [5, 5.41) is 15.1. The van der Waals surface area contributed by atoms with Crippen LogP contribution >= 0.6 is 0 Å². The highest BCUT2D eigenvalue weighted by atomic mass is 16.4. The number of carbonyl (C=O) groups is 2. The maximum atomic E-state index is 11.9. The molecule has 2 aliphatic rings. The third-order valence-corrected chi connectivity index (χ3v) is 3.76. The quantitative estimate of drug-likeness (QED) is 0.671. The summed E-state index contributed by atoms with van der Waals surface area (Å²) in [5.41, 5.74) is 0. The largest absolute Gasteiger partial charge is 0.481 e. The van der Waals surface area contributed by atoms with Crippen LogP contribution in [0.15, 0.2) is 0 Å². The fourth-order valence-corrected chi connectivity index (χ4v) is 2.71. The lowest BCUT2D eigenvalue weighted by Gasteiger charge is -2.24. The molecule has 0 radical (unpaired) electrons. The number of carboxylic acid groups (broad SMARTS) is 1. The molecule has 2 rings (SSSR count). The van der Waals surface area contributed by atoms with E-state index in [0.717, 1.165) is 32.2 Å². The van der Waals surface area contributed by atoms with E-state index >= 15 is 0 Å². The fraction of sp³-hybridized carbons (Fsp3) is 0.833. The van der Waals surface area contributed by atoms with E-state index in [1.54, 1.807) is 0 Å². The van der Waals surface area contributed by atoms with Crippen LogP contribution in [0.4, 0.5) is 0 Å². The second-order valence-corrected chi connectivity index (χ2v) is 5.06. The van der Waals surface area contributed by atoms with Crippen LogP contribution in [-0.2, 0) is 9.59 Å². The lowest BCUT2D eigenvalue weighted by Crippen LogP contribution is -2.49. The Morgan fingerprint density at radius 2 is 2.00 bits per heavy atom. The zero-order chi connectivity index (χ0) is 12.3. The molecule has 0 aromatic rings. The number of hydrogen-bond acceptors (Lipinski definition) is 3. The number of nitrogens with one attached hydrogen (secondary N) is 2. The summed E-state index contributed by atoms with van der Waals surface area (Å²) in [6.07, 6.45) is 5.16. The first-order valence-corrected chi connectivity index (χ1v) is 6.43. The molecule has 2 fully saturated rings. The third kappa shape index (κ3) is 3.19. The van der Waals surface area contributed by atoms with E-state index in [2.05, 4.69) is 10.6 Å². The SMILES string of the molecule is O=C(N[C@H]1CC[C@@H](C(=O)O)C1)C1CCCCN1. The van der Waals surface area contributed by atoms with Crippen molar-refractivity contribution in [3.05, 3.63) is 0 Å². The zero-order valence-electron chi connectivity index (χ0n) is 9.95. The summed E-state index contributed by atoms with van der Waals surface area (Å²) >= 11 is 0. The van der Waals surface area contributed by atoms with Gasteiger partial charge in [0.25, 0.3) is 0 Å². The van der Waals surface area contributed by atoms with Gasteiger partial charge in [0.05, 0.1) is 12.0 Å². The van der Waals surface area contributed by atoms with Crippen LogP contribution in [-0.4, -0.2) is 35.6 Å². The molecule has 1 saturated heterocycles. The average molecular weight is 240 g/mol. The number of carboxylic acids is 1. The normalized spacial score (nSPS) is 33.3. The molecule has 17 heavy (non-hydrogen) atoms. The highest BCUT2D eigenvalue weighted by Gasteiger charge is 2.32. The molecule has 1 aliphatic carbocycles. The summed E-state index contributed by atoms with van der Waals surface area (Å²) in [7, 11) is 0. The van der Waals surface area contributed by atoms with E-state index in [4.69, 9.17) is 5.11 Å². The van der Waals surface area contributed by atoms with Gasteiger partial charge in [-0.25, -0.2) is 0 Å². The second kappa shape index (κ2) is 5.49. The van der Waals surface area contributed by atoms with Crippen LogP contribution in [0.5, 0.6) is 0 Å². The fourth-order valence-electron chi connectivity index (χ4n) is 2.71. The van der Waals surface area contributed by atoms with Gasteiger partial charge in [0, 0.05) is 6.04 Å². The molecular formula is C12H20N2O3. The lowest BCUT2D eigenvalue weighted by atomic mass is 10.0. The number of aliphatic carboxylic acids is 1. The molecule has 5 nitrogen and oxygen atoms in total. The van der Waals surface area contributed by atoms with Crippen molar-refractivity contribution >= 4 is 11.9 Å². The number of carbonyl (C=O) groups excluding carboxylic acids is 1. The molecule has 3 N–H and O–H groups in total. The minimum absolute atomic E-state index is 0.0424. The van der Waals surface area contributed by atoms with Gasteiger partial charge in [-0.2, -0.15) is 0 Å². The van der Waals surface area contributed by atoms with Crippen molar-refractivity contribution in [3.8, 4) is 0 Å². The smallest absolute Gasteiger partial charge is 0.306 e. The Labute approximate surface area is 101 Å². The maximum absolute atomic E-state index is 11.9. The summed E-state index contributed by atoms with van der Waals surface area (Å²) in [4.78, 5) is 22.7. The van der Waals surface area contributed by atoms with Crippen molar-refractivity contribution in [2.75, 3.05) is 6.54 Å². The van der Waals surface area contributed by atoms with E-state index in [0.29, 0.717) is 12.8 Å². The Morgan fingerprint density at radius 3 is 2.59 bits per heavy atom. The van der Waals surface area contributed by atoms with Gasteiger partial charge in [0.15, 0.2) is 0 Å². The monoisotopic (exact) mass is 240 g/mol. The van der Waals surface area contributed by atoms with Crippen molar-refractivity contribution in [3.63, 3.8) is 0 Å². The van der Waals surface area contributed by atoms with Crippen molar-refractivity contribution in [2.45, 2.75) is 50.6 Å². The Hall–Kier alpha value is -1.10. The minimum Gasteiger partial charge on any atom is -0.481 e. The predicted octanol–water partition coefficient (Wildman–Crippen LogP) is 0.498. The molecule has 0 spiro atoms. The highest BCUT2D eigenvalue weighted by molar-refractivity contribution is 5.82. The van der Waals surface area contributed by atoms with Crippen LogP contribution in [0.1, 0.15) is 38.5 Å². The van der Waals surface area contributed by atoms with Gasteiger partial charge in [0.2, 0.25) is 5.91 Å². The first-order chi connectivity index (χ1) is 8.16.